The zero-order valence-electron chi connectivity index (χ0n) is 9.80. The molecular weight excluding hydrogens is 236 g/mol. The summed E-state index contributed by atoms with van der Waals surface area (Å²) in [6, 6.07) is 5.17. The van der Waals surface area contributed by atoms with Gasteiger partial charge in [0.1, 0.15) is 11.8 Å². The summed E-state index contributed by atoms with van der Waals surface area (Å²) in [4.78, 5) is 22.3. The molecule has 1 aromatic carbocycles. The molecule has 1 aromatic rings. The molecule has 0 aliphatic heterocycles. The molecule has 0 aliphatic carbocycles. The summed E-state index contributed by atoms with van der Waals surface area (Å²) in [7, 11) is 0. The van der Waals surface area contributed by atoms with E-state index in [-0.39, 0.29) is 31.0 Å². The van der Waals surface area contributed by atoms with Gasteiger partial charge in [0.05, 0.1) is 0 Å². The molecule has 1 amide bonds. The van der Waals surface area contributed by atoms with E-state index < -0.39 is 12.0 Å². The third kappa shape index (κ3) is 4.42. The number of rotatable bonds is 6. The Balaban J connectivity index is 2.65. The number of carboxylic acids is 1. The van der Waals surface area contributed by atoms with Gasteiger partial charge in [0, 0.05) is 19.4 Å². The van der Waals surface area contributed by atoms with Gasteiger partial charge in [0.2, 0.25) is 5.91 Å². The van der Waals surface area contributed by atoms with Crippen molar-refractivity contribution in [3.05, 3.63) is 29.8 Å². The number of nitrogens with one attached hydrogen (secondary N) is 1. The molecule has 0 saturated carbocycles. The van der Waals surface area contributed by atoms with Crippen LogP contribution < -0.4 is 11.1 Å². The van der Waals surface area contributed by atoms with E-state index in [0.717, 1.165) is 0 Å². The molecule has 0 heterocycles. The summed E-state index contributed by atoms with van der Waals surface area (Å²) >= 11 is 0. The number of benzene rings is 1. The van der Waals surface area contributed by atoms with E-state index in [1.54, 1.807) is 12.1 Å². The molecule has 18 heavy (non-hydrogen) atoms. The Morgan fingerprint density at radius 3 is 2.39 bits per heavy atom. The van der Waals surface area contributed by atoms with E-state index in [1.165, 1.54) is 12.1 Å². The van der Waals surface area contributed by atoms with Crippen LogP contribution in [0, 0.1) is 0 Å². The maximum atomic E-state index is 11.3. The Morgan fingerprint density at radius 1 is 1.28 bits per heavy atom. The highest BCUT2D eigenvalue weighted by molar-refractivity contribution is 5.83. The van der Waals surface area contributed by atoms with Crippen molar-refractivity contribution < 1.29 is 19.8 Å². The highest BCUT2D eigenvalue weighted by Crippen LogP contribution is 2.11. The van der Waals surface area contributed by atoms with Crippen molar-refractivity contribution in [3.63, 3.8) is 0 Å². The van der Waals surface area contributed by atoms with Gasteiger partial charge in [-0.15, -0.1) is 0 Å². The van der Waals surface area contributed by atoms with Crippen molar-refractivity contribution >= 4 is 11.9 Å². The quantitative estimate of drug-likeness (QED) is 0.562. The van der Waals surface area contributed by atoms with Crippen molar-refractivity contribution in [3.8, 4) is 5.75 Å². The molecule has 0 spiro atoms. The molecule has 0 bridgehead atoms. The number of aromatic hydroxyl groups is 1. The number of amides is 1. The minimum Gasteiger partial charge on any atom is -0.508 e. The predicted molar refractivity (Wildman–Crippen MR) is 65.0 cm³/mol. The number of hydrogen-bond donors (Lipinski definition) is 4. The average Bonchev–Trinajstić information content (AvgIpc) is 2.31. The van der Waals surface area contributed by atoms with Crippen LogP contribution in [-0.4, -0.2) is 34.7 Å². The summed E-state index contributed by atoms with van der Waals surface area (Å²) in [6.07, 6.45) is 0.255. The second-order valence-electron chi connectivity index (χ2n) is 3.87. The summed E-state index contributed by atoms with van der Waals surface area (Å²) in [6.45, 7) is 0.178. The van der Waals surface area contributed by atoms with E-state index >= 15 is 0 Å². The average molecular weight is 252 g/mol. The number of aliphatic carboxylic acids is 1. The Hall–Kier alpha value is -2.08. The maximum Gasteiger partial charge on any atom is 0.326 e. The molecule has 98 valence electrons. The van der Waals surface area contributed by atoms with Gasteiger partial charge in [0.15, 0.2) is 0 Å². The first kappa shape index (κ1) is 14.0. The fraction of sp³-hybridized carbons (Fsp3) is 0.333. The highest BCUT2D eigenvalue weighted by Gasteiger charge is 2.19. The van der Waals surface area contributed by atoms with Crippen molar-refractivity contribution in [1.82, 2.24) is 5.32 Å². The first-order chi connectivity index (χ1) is 8.52. The number of hydrogen-bond acceptors (Lipinski definition) is 4. The van der Waals surface area contributed by atoms with Crippen LogP contribution in [-0.2, 0) is 16.0 Å². The topological polar surface area (TPSA) is 113 Å². The fourth-order valence-corrected chi connectivity index (χ4v) is 1.47. The van der Waals surface area contributed by atoms with E-state index in [1.807, 2.05) is 0 Å². The normalized spacial score (nSPS) is 11.8. The number of phenols is 1. The van der Waals surface area contributed by atoms with Gasteiger partial charge in [-0.1, -0.05) is 12.1 Å². The first-order valence-electron chi connectivity index (χ1n) is 5.53. The standard InChI is InChI=1S/C12H16N2O4/c13-6-5-11(16)14-10(12(17)18)7-8-1-3-9(15)4-2-8/h1-4,10,15H,5-7,13H2,(H,14,16)(H,17,18)/t10-/m1/s1. The van der Waals surface area contributed by atoms with Gasteiger partial charge in [-0.2, -0.15) is 0 Å². The van der Waals surface area contributed by atoms with Crippen LogP contribution in [0.4, 0.5) is 0 Å². The summed E-state index contributed by atoms with van der Waals surface area (Å²) in [5, 5.41) is 20.5. The molecule has 5 N–H and O–H groups in total. The Bertz CT molecular complexity index is 417. The van der Waals surface area contributed by atoms with Crippen LogP contribution in [0.5, 0.6) is 5.75 Å². The third-order valence-corrected chi connectivity index (χ3v) is 2.38. The maximum absolute atomic E-state index is 11.3. The molecule has 0 radical (unpaired) electrons. The molecular formula is C12H16N2O4. The van der Waals surface area contributed by atoms with Gasteiger partial charge < -0.3 is 21.3 Å². The van der Waals surface area contributed by atoms with Gasteiger partial charge in [0.25, 0.3) is 0 Å². The van der Waals surface area contributed by atoms with Crippen molar-refractivity contribution in [2.24, 2.45) is 5.73 Å². The lowest BCUT2D eigenvalue weighted by Crippen LogP contribution is -2.42. The number of phenolic OH excluding ortho intramolecular Hbond substituents is 1. The molecule has 6 heteroatoms. The van der Waals surface area contributed by atoms with Gasteiger partial charge in [-0.05, 0) is 17.7 Å². The SMILES string of the molecule is NCCC(=O)N[C@H](Cc1ccc(O)cc1)C(=O)O. The highest BCUT2D eigenvalue weighted by atomic mass is 16.4. The summed E-state index contributed by atoms with van der Waals surface area (Å²) in [5.41, 5.74) is 5.93. The van der Waals surface area contributed by atoms with Crippen molar-refractivity contribution in [2.75, 3.05) is 6.54 Å². The Labute approximate surface area is 104 Å². The zero-order chi connectivity index (χ0) is 13.5. The summed E-state index contributed by atoms with van der Waals surface area (Å²) in [5.74, 6) is -1.38. The molecule has 0 aliphatic rings. The molecule has 1 atom stereocenters. The molecule has 0 saturated heterocycles. The van der Waals surface area contributed by atoms with Crippen molar-refractivity contribution in [1.29, 1.82) is 0 Å². The third-order valence-electron chi connectivity index (χ3n) is 2.38. The van der Waals surface area contributed by atoms with Crippen molar-refractivity contribution in [2.45, 2.75) is 18.9 Å². The lowest BCUT2D eigenvalue weighted by atomic mass is 10.1. The smallest absolute Gasteiger partial charge is 0.326 e. The van der Waals surface area contributed by atoms with Crippen LogP contribution in [0.1, 0.15) is 12.0 Å². The Morgan fingerprint density at radius 2 is 1.89 bits per heavy atom. The molecule has 6 nitrogen and oxygen atoms in total. The molecule has 0 unspecified atom stereocenters. The van der Waals surface area contributed by atoms with Gasteiger partial charge in [-0.25, -0.2) is 4.79 Å². The van der Waals surface area contributed by atoms with E-state index in [2.05, 4.69) is 5.32 Å². The lowest BCUT2D eigenvalue weighted by Gasteiger charge is -2.14. The molecule has 1 rings (SSSR count). The van der Waals surface area contributed by atoms with E-state index in [0.29, 0.717) is 5.56 Å². The zero-order valence-corrected chi connectivity index (χ0v) is 9.80. The number of carbonyl (C=O) groups excluding carboxylic acids is 1. The van der Waals surface area contributed by atoms with Gasteiger partial charge >= 0.3 is 5.97 Å². The predicted octanol–water partition coefficient (Wildman–Crippen LogP) is -0.147. The lowest BCUT2D eigenvalue weighted by molar-refractivity contribution is -0.141. The minimum atomic E-state index is -1.10. The van der Waals surface area contributed by atoms with Crippen LogP contribution in [0.3, 0.4) is 0 Å². The number of carboxylic acid groups (broad SMARTS) is 1. The fourth-order valence-electron chi connectivity index (χ4n) is 1.47. The number of nitrogens with two attached hydrogens (primary N) is 1. The second-order valence-corrected chi connectivity index (χ2v) is 3.87. The molecule has 0 aromatic heterocycles. The van der Waals surface area contributed by atoms with Crippen LogP contribution in [0.2, 0.25) is 0 Å². The summed E-state index contributed by atoms with van der Waals surface area (Å²) < 4.78 is 0. The van der Waals surface area contributed by atoms with Gasteiger partial charge in [-0.3, -0.25) is 4.79 Å². The minimum absolute atomic E-state index is 0.0966. The largest absolute Gasteiger partial charge is 0.508 e. The number of carbonyl (C=O) groups is 2. The van der Waals surface area contributed by atoms with E-state index in [9.17, 15) is 9.59 Å². The van der Waals surface area contributed by atoms with Crippen LogP contribution >= 0.6 is 0 Å². The van der Waals surface area contributed by atoms with Crippen LogP contribution in [0.15, 0.2) is 24.3 Å². The monoisotopic (exact) mass is 252 g/mol. The van der Waals surface area contributed by atoms with E-state index in [4.69, 9.17) is 15.9 Å². The Kier molecular flexibility index (Phi) is 5.13. The molecule has 0 fully saturated rings. The van der Waals surface area contributed by atoms with Crippen LogP contribution in [0.25, 0.3) is 0 Å². The first-order valence-corrected chi connectivity index (χ1v) is 5.53. The second kappa shape index (κ2) is 6.61.